The van der Waals surface area contributed by atoms with Gasteiger partial charge >= 0.3 is 0 Å². The van der Waals surface area contributed by atoms with Gasteiger partial charge in [0.15, 0.2) is 0 Å². The van der Waals surface area contributed by atoms with E-state index in [0.717, 1.165) is 6.42 Å². The van der Waals surface area contributed by atoms with E-state index in [1.807, 2.05) is 13.8 Å². The molecule has 0 radical (unpaired) electrons. The number of hydrogen-bond acceptors (Lipinski definition) is 4. The second-order valence-electron chi connectivity index (χ2n) is 5.01. The fourth-order valence-electron chi connectivity index (χ4n) is 2.04. The lowest BCUT2D eigenvalue weighted by atomic mass is 10.2. The number of nitrogen functional groups attached to an aromatic ring is 1. The molecule has 5 nitrogen and oxygen atoms in total. The van der Waals surface area contributed by atoms with Crippen molar-refractivity contribution in [2.75, 3.05) is 26.0 Å². The van der Waals surface area contributed by atoms with Crippen LogP contribution in [0.1, 0.15) is 25.8 Å². The molecule has 0 amide bonds. The van der Waals surface area contributed by atoms with E-state index in [1.54, 1.807) is 20.1 Å². The normalized spacial score (nSPS) is 13.6. The summed E-state index contributed by atoms with van der Waals surface area (Å²) < 4.78 is 33.1. The van der Waals surface area contributed by atoms with Crippen LogP contribution in [0.2, 0.25) is 0 Å². The zero-order valence-electron chi connectivity index (χ0n) is 12.9. The number of benzene rings is 1. The fourth-order valence-corrected chi connectivity index (χ4v) is 4.43. The average molecular weight is 379 g/mol. The highest BCUT2D eigenvalue weighted by molar-refractivity contribution is 9.10. The fraction of sp³-hybridized carbons (Fsp3) is 0.571. The number of methoxy groups -OCH3 is 1. The van der Waals surface area contributed by atoms with Crippen LogP contribution in [-0.4, -0.2) is 39.0 Å². The third-order valence-corrected chi connectivity index (χ3v) is 6.32. The summed E-state index contributed by atoms with van der Waals surface area (Å²) in [5, 5.41) is 0. The lowest BCUT2D eigenvalue weighted by molar-refractivity contribution is 0.167. The smallest absolute Gasteiger partial charge is 0.243 e. The molecule has 1 atom stereocenters. The molecule has 7 heteroatoms. The van der Waals surface area contributed by atoms with Gasteiger partial charge in [0, 0.05) is 29.9 Å². The number of aryl methyl sites for hydroxylation is 1. The standard InChI is InChI=1S/C14H23BrN2O3S/c1-5-11(3)17(6-7-20-4)21(18,19)14-9-13(16)12(15)8-10(14)2/h8-9,11H,5-7,16H2,1-4H3. The van der Waals surface area contributed by atoms with E-state index in [2.05, 4.69) is 15.9 Å². The van der Waals surface area contributed by atoms with Gasteiger partial charge < -0.3 is 10.5 Å². The van der Waals surface area contributed by atoms with Gasteiger partial charge in [-0.3, -0.25) is 0 Å². The summed E-state index contributed by atoms with van der Waals surface area (Å²) in [7, 11) is -2.04. The summed E-state index contributed by atoms with van der Waals surface area (Å²) in [6.07, 6.45) is 0.730. The number of nitrogens with zero attached hydrogens (tertiary/aromatic N) is 1. The van der Waals surface area contributed by atoms with Crippen molar-refractivity contribution in [3.63, 3.8) is 0 Å². The Morgan fingerprint density at radius 3 is 2.57 bits per heavy atom. The zero-order valence-corrected chi connectivity index (χ0v) is 15.3. The second-order valence-corrected chi connectivity index (χ2v) is 7.72. The lowest BCUT2D eigenvalue weighted by Crippen LogP contribution is -2.40. The summed E-state index contributed by atoms with van der Waals surface area (Å²) in [5.41, 5.74) is 6.92. The molecule has 0 aliphatic heterocycles. The van der Waals surface area contributed by atoms with Crippen LogP contribution < -0.4 is 5.73 Å². The Balaban J connectivity index is 3.31. The first-order chi connectivity index (χ1) is 9.75. The summed E-state index contributed by atoms with van der Waals surface area (Å²) in [4.78, 5) is 0.250. The lowest BCUT2D eigenvalue weighted by Gasteiger charge is -2.28. The molecule has 1 aromatic carbocycles. The largest absolute Gasteiger partial charge is 0.398 e. The molecule has 0 saturated carbocycles. The Kier molecular flexibility index (Phi) is 6.65. The summed E-state index contributed by atoms with van der Waals surface area (Å²) >= 11 is 3.32. The first-order valence-corrected chi connectivity index (χ1v) is 9.05. The highest BCUT2D eigenvalue weighted by Crippen LogP contribution is 2.29. The van der Waals surface area contributed by atoms with Gasteiger partial charge in [0.05, 0.1) is 11.5 Å². The molecule has 1 aromatic rings. The van der Waals surface area contributed by atoms with Gasteiger partial charge in [-0.2, -0.15) is 4.31 Å². The summed E-state index contributed by atoms with van der Waals surface area (Å²) in [6.45, 7) is 6.30. The van der Waals surface area contributed by atoms with Crippen molar-refractivity contribution in [2.45, 2.75) is 38.1 Å². The molecule has 0 spiro atoms. The van der Waals surface area contributed by atoms with Crippen LogP contribution >= 0.6 is 15.9 Å². The molecule has 0 bridgehead atoms. The third-order valence-electron chi connectivity index (χ3n) is 3.48. The molecule has 1 unspecified atom stereocenters. The Hall–Kier alpha value is -0.630. The molecule has 0 fully saturated rings. The monoisotopic (exact) mass is 378 g/mol. The number of ether oxygens (including phenoxy) is 1. The van der Waals surface area contributed by atoms with Gasteiger partial charge in [-0.15, -0.1) is 0 Å². The molecular formula is C14H23BrN2O3S. The van der Waals surface area contributed by atoms with Crippen LogP contribution in [-0.2, 0) is 14.8 Å². The average Bonchev–Trinajstić information content (AvgIpc) is 2.42. The molecule has 0 aliphatic rings. The Bertz CT molecular complexity index is 590. The molecule has 120 valence electrons. The van der Waals surface area contributed by atoms with E-state index in [1.165, 1.54) is 10.4 Å². The van der Waals surface area contributed by atoms with Crippen molar-refractivity contribution in [2.24, 2.45) is 0 Å². The van der Waals surface area contributed by atoms with E-state index in [-0.39, 0.29) is 10.9 Å². The highest BCUT2D eigenvalue weighted by Gasteiger charge is 2.29. The molecule has 0 heterocycles. The molecule has 0 saturated heterocycles. The van der Waals surface area contributed by atoms with Crippen LogP contribution in [0.25, 0.3) is 0 Å². The van der Waals surface area contributed by atoms with Crippen LogP contribution in [0.3, 0.4) is 0 Å². The summed E-state index contributed by atoms with van der Waals surface area (Å²) in [5.74, 6) is 0. The van der Waals surface area contributed by atoms with E-state index < -0.39 is 10.0 Å². The number of sulfonamides is 1. The highest BCUT2D eigenvalue weighted by atomic mass is 79.9. The number of rotatable bonds is 7. The molecule has 0 aromatic heterocycles. The van der Waals surface area contributed by atoms with Crippen molar-refractivity contribution in [1.29, 1.82) is 0 Å². The third kappa shape index (κ3) is 4.18. The van der Waals surface area contributed by atoms with Crippen molar-refractivity contribution >= 4 is 31.6 Å². The number of hydrogen-bond donors (Lipinski definition) is 1. The molecule has 1 rings (SSSR count). The van der Waals surface area contributed by atoms with E-state index in [0.29, 0.717) is 28.9 Å². The van der Waals surface area contributed by atoms with Crippen LogP contribution in [0.4, 0.5) is 5.69 Å². The van der Waals surface area contributed by atoms with Gasteiger partial charge in [0.25, 0.3) is 0 Å². The minimum atomic E-state index is -3.60. The topological polar surface area (TPSA) is 72.6 Å². The maximum atomic E-state index is 12.9. The number of anilines is 1. The molecule has 2 N–H and O–H groups in total. The van der Waals surface area contributed by atoms with Crippen molar-refractivity contribution in [3.05, 3.63) is 22.2 Å². The van der Waals surface area contributed by atoms with Gasteiger partial charge in [0.1, 0.15) is 0 Å². The Morgan fingerprint density at radius 2 is 2.05 bits per heavy atom. The van der Waals surface area contributed by atoms with Crippen molar-refractivity contribution in [1.82, 2.24) is 4.31 Å². The molecule has 0 aliphatic carbocycles. The maximum Gasteiger partial charge on any atom is 0.243 e. The molecular weight excluding hydrogens is 356 g/mol. The van der Waals surface area contributed by atoms with Crippen molar-refractivity contribution in [3.8, 4) is 0 Å². The van der Waals surface area contributed by atoms with Crippen LogP contribution in [0.15, 0.2) is 21.5 Å². The van der Waals surface area contributed by atoms with Crippen LogP contribution in [0.5, 0.6) is 0 Å². The Labute approximate surface area is 135 Å². The summed E-state index contributed by atoms with van der Waals surface area (Å²) in [6, 6.07) is 3.14. The van der Waals surface area contributed by atoms with Crippen LogP contribution in [0, 0.1) is 6.92 Å². The minimum absolute atomic E-state index is 0.102. The van der Waals surface area contributed by atoms with Gasteiger partial charge in [-0.05, 0) is 53.9 Å². The molecule has 21 heavy (non-hydrogen) atoms. The first kappa shape index (κ1) is 18.4. The van der Waals surface area contributed by atoms with Gasteiger partial charge in [0.2, 0.25) is 10.0 Å². The first-order valence-electron chi connectivity index (χ1n) is 6.82. The number of halogens is 1. The van der Waals surface area contributed by atoms with Gasteiger partial charge in [-0.1, -0.05) is 6.92 Å². The SMILES string of the molecule is CCC(C)N(CCOC)S(=O)(=O)c1cc(N)c(Br)cc1C. The Morgan fingerprint density at radius 1 is 1.43 bits per heavy atom. The van der Waals surface area contributed by atoms with E-state index >= 15 is 0 Å². The predicted molar refractivity (Wildman–Crippen MR) is 88.8 cm³/mol. The predicted octanol–water partition coefficient (Wildman–Crippen LogP) is 2.78. The van der Waals surface area contributed by atoms with Gasteiger partial charge in [-0.25, -0.2) is 8.42 Å². The number of nitrogens with two attached hydrogens (primary N) is 1. The quantitative estimate of drug-likeness (QED) is 0.740. The van der Waals surface area contributed by atoms with E-state index in [9.17, 15) is 8.42 Å². The van der Waals surface area contributed by atoms with E-state index in [4.69, 9.17) is 10.5 Å². The second kappa shape index (κ2) is 7.58. The zero-order chi connectivity index (χ0) is 16.2. The minimum Gasteiger partial charge on any atom is -0.398 e. The van der Waals surface area contributed by atoms with Crippen molar-refractivity contribution < 1.29 is 13.2 Å². The maximum absolute atomic E-state index is 12.9.